The molecule has 0 unspecified atom stereocenters. The van der Waals surface area contributed by atoms with Crippen molar-refractivity contribution >= 4 is 58.0 Å². The fraction of sp³-hybridized carbons (Fsp3) is 0.333. The van der Waals surface area contributed by atoms with Crippen LogP contribution in [-0.2, 0) is 0 Å². The zero-order valence-electron chi connectivity index (χ0n) is 7.44. The van der Waals surface area contributed by atoms with Crippen molar-refractivity contribution in [2.45, 2.75) is 6.10 Å². The molecule has 1 aromatic carbocycles. The molecule has 0 N–H and O–H groups in total. The summed E-state index contributed by atoms with van der Waals surface area (Å²) < 4.78 is 5.44. The molecular formula is C9H7Cl5O. The van der Waals surface area contributed by atoms with Crippen LogP contribution < -0.4 is 4.74 Å². The molecule has 1 aromatic rings. The quantitative estimate of drug-likeness (QED) is 0.569. The Hall–Kier alpha value is 0.470. The Morgan fingerprint density at radius 1 is 0.933 bits per heavy atom. The van der Waals surface area contributed by atoms with Gasteiger partial charge in [0.15, 0.2) is 0 Å². The molecule has 0 saturated carbocycles. The van der Waals surface area contributed by atoms with Crippen molar-refractivity contribution in [2.24, 2.45) is 0 Å². The lowest BCUT2D eigenvalue weighted by molar-refractivity contribution is 0.249. The lowest BCUT2D eigenvalue weighted by Gasteiger charge is -2.15. The fourth-order valence-corrected chi connectivity index (χ4v) is 1.92. The highest BCUT2D eigenvalue weighted by Crippen LogP contribution is 2.34. The van der Waals surface area contributed by atoms with Gasteiger partial charge in [-0.2, -0.15) is 0 Å². The van der Waals surface area contributed by atoms with Gasteiger partial charge >= 0.3 is 0 Å². The van der Waals surface area contributed by atoms with Crippen molar-refractivity contribution in [3.63, 3.8) is 0 Å². The van der Waals surface area contributed by atoms with E-state index in [2.05, 4.69) is 0 Å². The van der Waals surface area contributed by atoms with Crippen LogP contribution in [0.4, 0.5) is 0 Å². The van der Waals surface area contributed by atoms with Crippen LogP contribution in [0.3, 0.4) is 0 Å². The molecule has 0 fully saturated rings. The molecule has 0 amide bonds. The minimum atomic E-state index is -0.303. The van der Waals surface area contributed by atoms with E-state index < -0.39 is 0 Å². The van der Waals surface area contributed by atoms with Crippen LogP contribution in [0.1, 0.15) is 0 Å². The summed E-state index contributed by atoms with van der Waals surface area (Å²) >= 11 is 28.7. The number of halogens is 5. The molecule has 0 atom stereocenters. The predicted octanol–water partition coefficient (Wildman–Crippen LogP) is 4.87. The third-order valence-electron chi connectivity index (χ3n) is 1.61. The van der Waals surface area contributed by atoms with Gasteiger partial charge in [-0.15, -0.1) is 23.2 Å². The summed E-state index contributed by atoms with van der Waals surface area (Å²) in [4.78, 5) is 0. The van der Waals surface area contributed by atoms with Gasteiger partial charge in [0.2, 0.25) is 0 Å². The van der Waals surface area contributed by atoms with Gasteiger partial charge in [0.05, 0.1) is 26.8 Å². The number of alkyl halides is 2. The normalized spacial score (nSPS) is 10.8. The molecule has 1 nitrogen and oxygen atoms in total. The molecule has 0 aliphatic heterocycles. The van der Waals surface area contributed by atoms with E-state index in [1.54, 1.807) is 6.07 Å². The van der Waals surface area contributed by atoms with Gasteiger partial charge in [0, 0.05) is 6.07 Å². The highest BCUT2D eigenvalue weighted by Gasteiger charge is 2.12. The summed E-state index contributed by atoms with van der Waals surface area (Å²) in [7, 11) is 0. The largest absolute Gasteiger partial charge is 0.486 e. The first kappa shape index (κ1) is 13.5. The van der Waals surface area contributed by atoms with Crippen LogP contribution in [0.5, 0.6) is 5.75 Å². The van der Waals surface area contributed by atoms with Crippen LogP contribution in [0.15, 0.2) is 12.1 Å². The topological polar surface area (TPSA) is 9.23 Å². The lowest BCUT2D eigenvalue weighted by Crippen LogP contribution is -2.20. The summed E-state index contributed by atoms with van der Waals surface area (Å²) in [6.07, 6.45) is -0.303. The molecule has 0 aliphatic rings. The average molecular weight is 308 g/mol. The van der Waals surface area contributed by atoms with E-state index in [4.69, 9.17) is 62.7 Å². The second kappa shape index (κ2) is 6.27. The molecule has 0 saturated heterocycles. The second-order valence-corrected chi connectivity index (χ2v) is 4.58. The van der Waals surface area contributed by atoms with Crippen molar-refractivity contribution in [2.75, 3.05) is 11.8 Å². The van der Waals surface area contributed by atoms with E-state index in [0.717, 1.165) is 0 Å². The molecular weight excluding hydrogens is 301 g/mol. The Labute approximate surface area is 113 Å². The van der Waals surface area contributed by atoms with Crippen LogP contribution in [0.25, 0.3) is 0 Å². The molecule has 0 heterocycles. The molecule has 6 heteroatoms. The summed E-state index contributed by atoms with van der Waals surface area (Å²) in [6.45, 7) is 0. The monoisotopic (exact) mass is 306 g/mol. The maximum absolute atomic E-state index is 5.91. The molecule has 84 valence electrons. The number of ether oxygens (including phenoxy) is 1. The van der Waals surface area contributed by atoms with E-state index in [0.29, 0.717) is 20.8 Å². The van der Waals surface area contributed by atoms with Crippen molar-refractivity contribution < 1.29 is 4.74 Å². The van der Waals surface area contributed by atoms with Crippen molar-refractivity contribution in [3.05, 3.63) is 27.2 Å². The molecule has 0 aromatic heterocycles. The van der Waals surface area contributed by atoms with E-state index in [1.165, 1.54) is 6.07 Å². The molecule has 0 spiro atoms. The predicted molar refractivity (Wildman–Crippen MR) is 67.3 cm³/mol. The van der Waals surface area contributed by atoms with Gasteiger partial charge in [-0.05, 0) is 6.07 Å². The summed E-state index contributed by atoms with van der Waals surface area (Å²) in [5.41, 5.74) is 0. The molecule has 1 rings (SSSR count). The van der Waals surface area contributed by atoms with Crippen molar-refractivity contribution in [1.82, 2.24) is 0 Å². The van der Waals surface area contributed by atoms with Crippen LogP contribution in [0, 0.1) is 0 Å². The van der Waals surface area contributed by atoms with Crippen LogP contribution >= 0.6 is 58.0 Å². The standard InChI is InChI=1S/C9H7Cl5O/c10-3-5(4-11)15-9-2-7(13)6(12)1-8(9)14/h1-2,5H,3-4H2. The van der Waals surface area contributed by atoms with E-state index in [-0.39, 0.29) is 17.9 Å². The van der Waals surface area contributed by atoms with Crippen molar-refractivity contribution in [3.8, 4) is 5.75 Å². The molecule has 0 radical (unpaired) electrons. The van der Waals surface area contributed by atoms with Crippen molar-refractivity contribution in [1.29, 1.82) is 0 Å². The highest BCUT2D eigenvalue weighted by atomic mass is 35.5. The number of benzene rings is 1. The Morgan fingerprint density at radius 3 is 2.00 bits per heavy atom. The molecule has 0 bridgehead atoms. The number of hydrogen-bond acceptors (Lipinski definition) is 1. The first-order chi connectivity index (χ1) is 7.08. The van der Waals surface area contributed by atoms with Gasteiger partial charge in [0.1, 0.15) is 11.9 Å². The summed E-state index contributed by atoms with van der Waals surface area (Å²) in [5, 5.41) is 1.13. The summed E-state index contributed by atoms with van der Waals surface area (Å²) in [5.74, 6) is 0.984. The fourth-order valence-electron chi connectivity index (χ4n) is 0.878. The first-order valence-corrected chi connectivity index (χ1v) is 6.22. The Balaban J connectivity index is 2.89. The first-order valence-electron chi connectivity index (χ1n) is 4.01. The van der Waals surface area contributed by atoms with Gasteiger partial charge in [0.25, 0.3) is 0 Å². The second-order valence-electron chi connectivity index (χ2n) is 2.75. The lowest BCUT2D eigenvalue weighted by atomic mass is 10.3. The minimum absolute atomic E-state index is 0.278. The van der Waals surface area contributed by atoms with Gasteiger partial charge in [-0.25, -0.2) is 0 Å². The van der Waals surface area contributed by atoms with E-state index >= 15 is 0 Å². The highest BCUT2D eigenvalue weighted by molar-refractivity contribution is 6.43. The zero-order chi connectivity index (χ0) is 11.4. The SMILES string of the molecule is ClCC(CCl)Oc1cc(Cl)c(Cl)cc1Cl. The Morgan fingerprint density at radius 2 is 1.47 bits per heavy atom. The Kier molecular flexibility index (Phi) is 5.65. The van der Waals surface area contributed by atoms with Gasteiger partial charge < -0.3 is 4.74 Å². The van der Waals surface area contributed by atoms with E-state index in [1.807, 2.05) is 0 Å². The van der Waals surface area contributed by atoms with E-state index in [9.17, 15) is 0 Å². The summed E-state index contributed by atoms with van der Waals surface area (Å²) in [6, 6.07) is 3.05. The van der Waals surface area contributed by atoms with Crippen LogP contribution in [0.2, 0.25) is 15.1 Å². The average Bonchev–Trinajstić information content (AvgIpc) is 2.21. The van der Waals surface area contributed by atoms with Gasteiger partial charge in [-0.1, -0.05) is 34.8 Å². The number of rotatable bonds is 4. The minimum Gasteiger partial charge on any atom is -0.486 e. The molecule has 15 heavy (non-hydrogen) atoms. The van der Waals surface area contributed by atoms with Gasteiger partial charge in [-0.3, -0.25) is 0 Å². The third-order valence-corrected chi connectivity index (χ3v) is 3.32. The zero-order valence-corrected chi connectivity index (χ0v) is 11.2. The molecule has 0 aliphatic carbocycles. The third kappa shape index (κ3) is 3.76. The maximum atomic E-state index is 5.91. The van der Waals surface area contributed by atoms with Crippen LogP contribution in [-0.4, -0.2) is 17.9 Å². The number of hydrogen-bond donors (Lipinski definition) is 0. The smallest absolute Gasteiger partial charge is 0.140 e. The maximum Gasteiger partial charge on any atom is 0.140 e. The Bertz CT molecular complexity index is 338.